The van der Waals surface area contributed by atoms with Crippen molar-refractivity contribution in [3.05, 3.63) is 24.3 Å². The van der Waals surface area contributed by atoms with Gasteiger partial charge in [0, 0.05) is 18.2 Å². The van der Waals surface area contributed by atoms with Gasteiger partial charge in [-0.05, 0) is 12.1 Å². The molecule has 0 aliphatic carbocycles. The zero-order valence-corrected chi connectivity index (χ0v) is 12.7. The molecular weight excluding hydrogens is 308 g/mol. The molecule has 7 nitrogen and oxygen atoms in total. The summed E-state index contributed by atoms with van der Waals surface area (Å²) < 4.78 is 5.08. The number of imide groups is 1. The second-order valence-electron chi connectivity index (χ2n) is 4.74. The number of thioether (sulfide) groups is 1. The van der Waals surface area contributed by atoms with E-state index >= 15 is 0 Å². The van der Waals surface area contributed by atoms with Crippen molar-refractivity contribution in [3.8, 4) is 5.75 Å². The van der Waals surface area contributed by atoms with Crippen molar-refractivity contribution in [2.45, 2.75) is 17.7 Å². The number of amides is 2. The van der Waals surface area contributed by atoms with Crippen LogP contribution in [0.15, 0.2) is 24.3 Å². The predicted molar refractivity (Wildman–Crippen MR) is 82.0 cm³/mol. The van der Waals surface area contributed by atoms with Crippen molar-refractivity contribution < 1.29 is 24.2 Å². The lowest BCUT2D eigenvalue weighted by Crippen LogP contribution is -2.35. The van der Waals surface area contributed by atoms with Gasteiger partial charge < -0.3 is 15.6 Å². The number of hydrogen-bond acceptors (Lipinski definition) is 6. The van der Waals surface area contributed by atoms with E-state index in [1.165, 1.54) is 7.11 Å². The van der Waals surface area contributed by atoms with Crippen molar-refractivity contribution in [2.75, 3.05) is 17.8 Å². The normalized spacial score (nSPS) is 19.4. The van der Waals surface area contributed by atoms with E-state index < -0.39 is 17.3 Å². The van der Waals surface area contributed by atoms with Crippen LogP contribution in [0.1, 0.15) is 6.42 Å². The number of carboxylic acid groups (broad SMARTS) is 1. The average molecular weight is 324 g/mol. The summed E-state index contributed by atoms with van der Waals surface area (Å²) in [5.74, 6) is -1.19. The number of nitrogens with two attached hydrogens (primary N) is 1. The molecule has 2 rings (SSSR count). The molecule has 8 heteroatoms. The molecule has 1 aliphatic rings. The molecule has 0 aromatic heterocycles. The number of ether oxygens (including phenoxy) is 1. The lowest BCUT2D eigenvalue weighted by Gasteiger charge is -2.16. The molecule has 1 aliphatic heterocycles. The number of anilines is 1. The zero-order chi connectivity index (χ0) is 16.3. The molecule has 1 saturated heterocycles. The van der Waals surface area contributed by atoms with Crippen LogP contribution in [-0.4, -0.2) is 47.0 Å². The Morgan fingerprint density at radius 2 is 2.27 bits per heavy atom. The van der Waals surface area contributed by atoms with Crippen molar-refractivity contribution >= 4 is 35.2 Å². The largest absolute Gasteiger partial charge is 0.497 e. The molecule has 0 unspecified atom stereocenters. The standard InChI is InChI=1S/C14H16N2O5S/c1-21-9-4-2-3-8(5-9)16-12(17)6-11(13(16)18)22-7-10(15)14(19)20/h2-5,10-11H,6-7,15H2,1H3,(H,19,20)/t10-,11-/m0/s1. The molecular formula is C14H16N2O5S. The smallest absolute Gasteiger partial charge is 0.321 e. The van der Waals surface area contributed by atoms with Gasteiger partial charge in [0.2, 0.25) is 11.8 Å². The quantitative estimate of drug-likeness (QED) is 0.732. The van der Waals surface area contributed by atoms with Gasteiger partial charge in [0.15, 0.2) is 0 Å². The van der Waals surface area contributed by atoms with E-state index in [1.54, 1.807) is 24.3 Å². The fourth-order valence-corrected chi connectivity index (χ4v) is 3.14. The summed E-state index contributed by atoms with van der Waals surface area (Å²) in [4.78, 5) is 36.2. The predicted octanol–water partition coefficient (Wildman–Crippen LogP) is 0.472. The minimum absolute atomic E-state index is 0.0348. The number of rotatable bonds is 6. The maximum Gasteiger partial charge on any atom is 0.321 e. The first-order valence-corrected chi connectivity index (χ1v) is 7.59. The van der Waals surface area contributed by atoms with Gasteiger partial charge in [-0.2, -0.15) is 0 Å². The number of carbonyl (C=O) groups excluding carboxylic acids is 2. The number of carbonyl (C=O) groups is 3. The van der Waals surface area contributed by atoms with Crippen LogP contribution in [0.3, 0.4) is 0 Å². The van der Waals surface area contributed by atoms with Crippen molar-refractivity contribution in [1.29, 1.82) is 0 Å². The van der Waals surface area contributed by atoms with E-state index in [0.29, 0.717) is 11.4 Å². The number of hydrogen-bond donors (Lipinski definition) is 2. The molecule has 1 aromatic carbocycles. The van der Waals surface area contributed by atoms with Gasteiger partial charge >= 0.3 is 5.97 Å². The summed E-state index contributed by atoms with van der Waals surface area (Å²) in [5, 5.41) is 8.14. The van der Waals surface area contributed by atoms with Crippen LogP contribution in [0.25, 0.3) is 0 Å². The lowest BCUT2D eigenvalue weighted by molar-refractivity contribution is -0.138. The lowest BCUT2D eigenvalue weighted by atomic mass is 10.3. The third-order valence-corrected chi connectivity index (χ3v) is 4.53. The maximum absolute atomic E-state index is 12.4. The van der Waals surface area contributed by atoms with Crippen LogP contribution >= 0.6 is 11.8 Å². The molecule has 0 bridgehead atoms. The highest BCUT2D eigenvalue weighted by atomic mass is 32.2. The Bertz CT molecular complexity index is 607. The van der Waals surface area contributed by atoms with Crippen LogP contribution in [0.2, 0.25) is 0 Å². The first kappa shape index (κ1) is 16.3. The minimum Gasteiger partial charge on any atom is -0.497 e. The highest BCUT2D eigenvalue weighted by Crippen LogP contribution is 2.31. The molecule has 0 spiro atoms. The Morgan fingerprint density at radius 3 is 2.91 bits per heavy atom. The highest BCUT2D eigenvalue weighted by molar-refractivity contribution is 8.00. The van der Waals surface area contributed by atoms with Gasteiger partial charge in [-0.3, -0.25) is 14.4 Å². The van der Waals surface area contributed by atoms with E-state index in [0.717, 1.165) is 16.7 Å². The van der Waals surface area contributed by atoms with Gasteiger partial charge in [0.05, 0.1) is 18.0 Å². The summed E-state index contributed by atoms with van der Waals surface area (Å²) >= 11 is 1.09. The molecule has 118 valence electrons. The molecule has 3 N–H and O–H groups in total. The van der Waals surface area contributed by atoms with Crippen molar-refractivity contribution in [2.24, 2.45) is 5.73 Å². The molecule has 2 atom stereocenters. The average Bonchev–Trinajstić information content (AvgIpc) is 2.79. The Kier molecular flexibility index (Phi) is 5.04. The number of nitrogens with zero attached hydrogens (tertiary/aromatic N) is 1. The monoisotopic (exact) mass is 324 g/mol. The zero-order valence-electron chi connectivity index (χ0n) is 11.9. The summed E-state index contributed by atoms with van der Waals surface area (Å²) in [6.45, 7) is 0. The van der Waals surface area contributed by atoms with Crippen LogP contribution in [0.4, 0.5) is 5.69 Å². The Hall–Kier alpha value is -2.06. The van der Waals surface area contributed by atoms with Crippen LogP contribution < -0.4 is 15.4 Å². The van der Waals surface area contributed by atoms with E-state index in [-0.39, 0.29) is 24.0 Å². The molecule has 1 aromatic rings. The van der Waals surface area contributed by atoms with Gasteiger partial charge in [0.1, 0.15) is 11.8 Å². The molecule has 2 amide bonds. The summed E-state index contributed by atoms with van der Waals surface area (Å²) in [6, 6.07) is 5.60. The molecule has 0 saturated carbocycles. The topological polar surface area (TPSA) is 110 Å². The van der Waals surface area contributed by atoms with Gasteiger partial charge in [0.25, 0.3) is 0 Å². The third-order valence-electron chi connectivity index (χ3n) is 3.21. The van der Waals surface area contributed by atoms with Gasteiger partial charge in [-0.1, -0.05) is 6.07 Å². The van der Waals surface area contributed by atoms with E-state index in [9.17, 15) is 14.4 Å². The van der Waals surface area contributed by atoms with Crippen molar-refractivity contribution in [1.82, 2.24) is 0 Å². The summed E-state index contributed by atoms with van der Waals surface area (Å²) in [5.41, 5.74) is 5.86. The molecule has 22 heavy (non-hydrogen) atoms. The van der Waals surface area contributed by atoms with E-state index in [4.69, 9.17) is 15.6 Å². The number of carboxylic acids is 1. The Labute approximate surface area is 131 Å². The first-order chi connectivity index (χ1) is 10.4. The fraction of sp³-hybridized carbons (Fsp3) is 0.357. The van der Waals surface area contributed by atoms with Crippen molar-refractivity contribution in [3.63, 3.8) is 0 Å². The summed E-state index contributed by atoms with van der Waals surface area (Å²) in [7, 11) is 1.50. The van der Waals surface area contributed by atoms with E-state index in [2.05, 4.69) is 0 Å². The van der Waals surface area contributed by atoms with Crippen LogP contribution in [0, 0.1) is 0 Å². The van der Waals surface area contributed by atoms with Gasteiger partial charge in [-0.25, -0.2) is 4.90 Å². The first-order valence-electron chi connectivity index (χ1n) is 6.55. The SMILES string of the molecule is COc1cccc(N2C(=O)C[C@H](SC[C@H](N)C(=O)O)C2=O)c1. The van der Waals surface area contributed by atoms with E-state index in [1.807, 2.05) is 0 Å². The number of methoxy groups -OCH3 is 1. The Balaban J connectivity index is 2.10. The molecule has 1 heterocycles. The Morgan fingerprint density at radius 1 is 1.55 bits per heavy atom. The molecule has 1 fully saturated rings. The van der Waals surface area contributed by atoms with Crippen LogP contribution in [0.5, 0.6) is 5.75 Å². The number of aliphatic carboxylic acids is 1. The third kappa shape index (κ3) is 3.40. The summed E-state index contributed by atoms with van der Waals surface area (Å²) in [6.07, 6.45) is 0.0348. The minimum atomic E-state index is -1.13. The molecule has 0 radical (unpaired) electrons. The second kappa shape index (κ2) is 6.80. The maximum atomic E-state index is 12.4. The number of benzene rings is 1. The fourth-order valence-electron chi connectivity index (χ4n) is 2.05. The van der Waals surface area contributed by atoms with Crippen LogP contribution in [-0.2, 0) is 14.4 Å². The second-order valence-corrected chi connectivity index (χ2v) is 5.98. The highest BCUT2D eigenvalue weighted by Gasteiger charge is 2.40. The van der Waals surface area contributed by atoms with Gasteiger partial charge in [-0.15, -0.1) is 11.8 Å².